The Hall–Kier alpha value is -8.58. The summed E-state index contributed by atoms with van der Waals surface area (Å²) in [6.07, 6.45) is 0. The van der Waals surface area contributed by atoms with Gasteiger partial charge in [-0.3, -0.25) is 0 Å². The number of nitrogens with zero attached hydrogens (tertiary/aromatic N) is 5. The highest BCUT2D eigenvalue weighted by atomic mass is 15.2. The van der Waals surface area contributed by atoms with Crippen LogP contribution < -0.4 is 21.3 Å². The van der Waals surface area contributed by atoms with E-state index < -0.39 is 0 Å². The zero-order valence-electron chi connectivity index (χ0n) is 33.3. The normalized spacial score (nSPS) is 12.1. The van der Waals surface area contributed by atoms with Crippen LogP contribution >= 0.6 is 0 Å². The van der Waals surface area contributed by atoms with Crippen molar-refractivity contribution in [2.75, 3.05) is 4.90 Å². The molecule has 0 radical (unpaired) electrons. The predicted molar refractivity (Wildman–Crippen MR) is 256 cm³/mol. The Balaban J connectivity index is 1.25. The highest BCUT2D eigenvalue weighted by molar-refractivity contribution is 7.00. The van der Waals surface area contributed by atoms with Crippen LogP contribution in [0.3, 0.4) is 0 Å². The highest BCUT2D eigenvalue weighted by Gasteiger charge is 2.45. The number of fused-ring (bicyclic) bond motifs is 10. The lowest BCUT2D eigenvalue weighted by Crippen LogP contribution is -2.59. The third-order valence-electron chi connectivity index (χ3n) is 13.1. The minimum Gasteiger partial charge on any atom is -0.320 e. The molecule has 0 aliphatic carbocycles. The molecule has 2 aliphatic heterocycles. The zero-order chi connectivity index (χ0) is 41.1. The Morgan fingerprint density at radius 2 is 0.935 bits per heavy atom. The minimum atomic E-state index is -0.223. The number of benzene rings is 9. The zero-order valence-corrected chi connectivity index (χ0v) is 33.3. The summed E-state index contributed by atoms with van der Waals surface area (Å²) in [6.45, 7) is 9.12. The molecule has 5 nitrogen and oxygen atoms in total. The molecule has 0 saturated heterocycles. The Bertz CT molecular complexity index is 3550. The van der Waals surface area contributed by atoms with Crippen LogP contribution in [0.2, 0.25) is 0 Å². The van der Waals surface area contributed by atoms with Crippen molar-refractivity contribution in [2.24, 2.45) is 0 Å². The van der Waals surface area contributed by atoms with Crippen LogP contribution in [0.5, 0.6) is 0 Å². The SMILES string of the molecule is [C-]#[N+]c1c(N(c2cccc(-c3ccccc3)c2)c2cccc(-c3ccccc3)c2)c(C#N)c2c3c1-n1c4ccccc4c4cccc(c41)B3c1cccc3c4ccccc4n-2c13. The molecule has 2 aromatic heterocycles. The van der Waals surface area contributed by atoms with E-state index in [-0.39, 0.29) is 6.71 Å². The van der Waals surface area contributed by atoms with Crippen molar-refractivity contribution in [1.29, 1.82) is 5.26 Å². The number of hydrogen-bond acceptors (Lipinski definition) is 2. The van der Waals surface area contributed by atoms with Gasteiger partial charge in [0.05, 0.1) is 40.2 Å². The smallest absolute Gasteiger partial charge is 0.250 e. The molecule has 13 rings (SSSR count). The average molecular weight is 786 g/mol. The second-order valence-electron chi connectivity index (χ2n) is 16.2. The third-order valence-corrected chi connectivity index (χ3v) is 13.1. The second kappa shape index (κ2) is 13.0. The first-order valence-electron chi connectivity index (χ1n) is 20.9. The molecule has 0 N–H and O–H groups in total. The molecule has 0 saturated carbocycles. The summed E-state index contributed by atoms with van der Waals surface area (Å²) < 4.78 is 4.67. The number of anilines is 3. The van der Waals surface area contributed by atoms with Crippen LogP contribution in [0, 0.1) is 17.9 Å². The van der Waals surface area contributed by atoms with Crippen LogP contribution in [-0.4, -0.2) is 15.8 Å². The maximum Gasteiger partial charge on any atom is 0.250 e. The van der Waals surface area contributed by atoms with Crippen molar-refractivity contribution in [1.82, 2.24) is 9.13 Å². The van der Waals surface area contributed by atoms with Crippen molar-refractivity contribution in [3.05, 3.63) is 211 Å². The van der Waals surface area contributed by atoms with Gasteiger partial charge < -0.3 is 14.0 Å². The van der Waals surface area contributed by atoms with Gasteiger partial charge in [0.2, 0.25) is 5.69 Å². The molecule has 9 aromatic carbocycles. The van der Waals surface area contributed by atoms with Gasteiger partial charge in [0.1, 0.15) is 6.07 Å². The van der Waals surface area contributed by atoms with Gasteiger partial charge in [-0.2, -0.15) is 5.26 Å². The van der Waals surface area contributed by atoms with Gasteiger partial charge in [-0.15, -0.1) is 0 Å². The van der Waals surface area contributed by atoms with E-state index in [9.17, 15) is 11.8 Å². The van der Waals surface area contributed by atoms with Crippen LogP contribution in [0.4, 0.5) is 22.7 Å². The van der Waals surface area contributed by atoms with Gasteiger partial charge in [-0.25, -0.2) is 4.85 Å². The summed E-state index contributed by atoms with van der Waals surface area (Å²) >= 11 is 0. The van der Waals surface area contributed by atoms with Gasteiger partial charge in [0.25, 0.3) is 6.71 Å². The predicted octanol–water partition coefficient (Wildman–Crippen LogP) is 12.3. The quantitative estimate of drug-likeness (QED) is 0.129. The van der Waals surface area contributed by atoms with E-state index in [1.54, 1.807) is 0 Å². The molecule has 11 aromatic rings. The molecule has 0 atom stereocenters. The molecule has 0 bridgehead atoms. The summed E-state index contributed by atoms with van der Waals surface area (Å²) in [5.41, 5.74) is 16.6. The van der Waals surface area contributed by atoms with Crippen LogP contribution in [0.1, 0.15) is 5.56 Å². The highest BCUT2D eigenvalue weighted by Crippen LogP contribution is 2.51. The lowest BCUT2D eigenvalue weighted by molar-refractivity contribution is 1.13. The van der Waals surface area contributed by atoms with Gasteiger partial charge in [0, 0.05) is 44.0 Å². The molecule has 0 unspecified atom stereocenters. The molecule has 284 valence electrons. The van der Waals surface area contributed by atoms with E-state index in [1.165, 1.54) is 10.9 Å². The Morgan fingerprint density at radius 1 is 0.484 bits per heavy atom. The Labute approximate surface area is 358 Å². The number of aromatic nitrogens is 2. The Morgan fingerprint density at radius 3 is 1.45 bits per heavy atom. The van der Waals surface area contributed by atoms with Crippen molar-refractivity contribution >= 4 is 89.5 Å². The summed E-state index contributed by atoms with van der Waals surface area (Å²) in [5, 5.41) is 16.5. The number of nitriles is 1. The molecule has 0 fully saturated rings. The monoisotopic (exact) mass is 785 g/mol. The lowest BCUT2D eigenvalue weighted by Gasteiger charge is -2.38. The topological polar surface area (TPSA) is 41.2 Å². The molecule has 0 amide bonds. The summed E-state index contributed by atoms with van der Waals surface area (Å²) in [5.74, 6) is 0. The van der Waals surface area contributed by atoms with Crippen LogP contribution in [0.25, 0.3) is 82.1 Å². The maximum absolute atomic E-state index is 12.0. The van der Waals surface area contributed by atoms with Gasteiger partial charge in [-0.05, 0) is 75.0 Å². The Kier molecular flexibility index (Phi) is 7.17. The first-order chi connectivity index (χ1) is 30.7. The summed E-state index contributed by atoms with van der Waals surface area (Å²) in [6, 6.07) is 70.8. The molecule has 2 aliphatic rings. The molecule has 0 spiro atoms. The van der Waals surface area contributed by atoms with E-state index in [0.29, 0.717) is 16.9 Å². The molecular formula is C56H32BN5. The third kappa shape index (κ3) is 4.56. The van der Waals surface area contributed by atoms with Crippen molar-refractivity contribution in [2.45, 2.75) is 0 Å². The van der Waals surface area contributed by atoms with E-state index in [2.05, 4.69) is 207 Å². The standard InChI is InChI=1S/C56H32BN5/c1-59-51-55(60(39-22-12-20-37(32-39)35-16-4-2-5-17-35)40-23-13-21-38(33-40)36-18-6-3-7-19-36)45(34-58)54-50-56(51)62-49-31-11-9-25-42(49)44-27-15-29-47(53(44)62)57(50)46-28-14-26-43-41-24-8-10-30-48(41)61(54)52(43)46/h2-33H. The van der Waals surface area contributed by atoms with Crippen molar-refractivity contribution in [3.8, 4) is 39.7 Å². The van der Waals surface area contributed by atoms with Crippen LogP contribution in [-0.2, 0) is 0 Å². The molecule has 6 heteroatoms. The second-order valence-corrected chi connectivity index (χ2v) is 16.2. The number of rotatable bonds is 5. The first kappa shape index (κ1) is 34.3. The lowest BCUT2D eigenvalue weighted by atomic mass is 9.34. The number of para-hydroxylation sites is 4. The maximum atomic E-state index is 12.0. The summed E-state index contributed by atoms with van der Waals surface area (Å²) in [4.78, 5) is 6.76. The minimum absolute atomic E-state index is 0.223. The molecular weight excluding hydrogens is 753 g/mol. The van der Waals surface area contributed by atoms with Gasteiger partial charge in [-0.1, -0.05) is 158 Å². The van der Waals surface area contributed by atoms with Gasteiger partial charge in [0.15, 0.2) is 0 Å². The molecule has 4 heterocycles. The van der Waals surface area contributed by atoms with Crippen LogP contribution in [0.15, 0.2) is 194 Å². The van der Waals surface area contributed by atoms with E-state index in [1.807, 2.05) is 12.1 Å². The number of hydrogen-bond donors (Lipinski definition) is 0. The first-order valence-corrected chi connectivity index (χ1v) is 20.9. The summed E-state index contributed by atoms with van der Waals surface area (Å²) in [7, 11) is 0. The molecule has 62 heavy (non-hydrogen) atoms. The van der Waals surface area contributed by atoms with Gasteiger partial charge >= 0.3 is 0 Å². The van der Waals surface area contributed by atoms with E-state index >= 15 is 0 Å². The average Bonchev–Trinajstić information content (AvgIpc) is 3.86. The van der Waals surface area contributed by atoms with E-state index in [4.69, 9.17) is 0 Å². The largest absolute Gasteiger partial charge is 0.320 e. The van der Waals surface area contributed by atoms with Crippen molar-refractivity contribution < 1.29 is 0 Å². The van der Waals surface area contributed by atoms with E-state index in [0.717, 1.165) is 94.1 Å². The fraction of sp³-hybridized carbons (Fsp3) is 0. The fourth-order valence-electron chi connectivity index (χ4n) is 10.7. The van der Waals surface area contributed by atoms with Crippen molar-refractivity contribution in [3.63, 3.8) is 0 Å². The fourth-order valence-corrected chi connectivity index (χ4v) is 10.7.